The zero-order valence-corrected chi connectivity index (χ0v) is 22.9. The lowest BCUT2D eigenvalue weighted by Gasteiger charge is -2.20. The van der Waals surface area contributed by atoms with Gasteiger partial charge in [0, 0.05) is 36.1 Å². The van der Waals surface area contributed by atoms with Gasteiger partial charge >= 0.3 is 0 Å². The number of carbonyl (C=O) groups excluding carboxylic acids is 3. The minimum atomic E-state index is -1.12. The number of amides is 2. The van der Waals surface area contributed by atoms with Gasteiger partial charge in [0.1, 0.15) is 17.5 Å². The first-order chi connectivity index (χ1) is 19.4. The van der Waals surface area contributed by atoms with E-state index in [1.54, 1.807) is 62.4 Å². The van der Waals surface area contributed by atoms with Gasteiger partial charge in [0.05, 0.1) is 18.8 Å². The van der Waals surface area contributed by atoms with Crippen molar-refractivity contribution in [1.29, 1.82) is 5.41 Å². The fraction of sp³-hybridized carbons (Fsp3) is 0.290. The fourth-order valence-electron chi connectivity index (χ4n) is 3.99. The van der Waals surface area contributed by atoms with E-state index in [9.17, 15) is 14.4 Å². The molecule has 2 aromatic rings. The molecule has 1 atom stereocenters. The summed E-state index contributed by atoms with van der Waals surface area (Å²) in [7, 11) is 0. The molecule has 0 aromatic heterocycles. The lowest BCUT2D eigenvalue weighted by Crippen LogP contribution is -2.49. The van der Waals surface area contributed by atoms with Gasteiger partial charge in [-0.2, -0.15) is 0 Å². The van der Waals surface area contributed by atoms with Crippen LogP contribution >= 0.6 is 0 Å². The summed E-state index contributed by atoms with van der Waals surface area (Å²) < 4.78 is 11.7. The average molecular weight is 545 g/mol. The van der Waals surface area contributed by atoms with Gasteiger partial charge in [-0.3, -0.25) is 14.4 Å². The molecule has 0 fully saturated rings. The Morgan fingerprint density at radius 2 is 1.77 bits per heavy atom. The average Bonchev–Trinajstić information content (AvgIpc) is 2.95. The Kier molecular flexibility index (Phi) is 11.3. The highest BCUT2D eigenvalue weighted by molar-refractivity contribution is 6.38. The van der Waals surface area contributed by atoms with Crippen LogP contribution in [0, 0.1) is 5.41 Å². The van der Waals surface area contributed by atoms with Crippen LogP contribution in [0.25, 0.3) is 0 Å². The van der Waals surface area contributed by atoms with Crippen LogP contribution in [0.5, 0.6) is 11.5 Å². The highest BCUT2D eigenvalue weighted by Gasteiger charge is 2.28. The molecule has 9 heteroatoms. The maximum absolute atomic E-state index is 13.5. The van der Waals surface area contributed by atoms with Crippen molar-refractivity contribution < 1.29 is 23.9 Å². The summed E-state index contributed by atoms with van der Waals surface area (Å²) in [6.45, 7) is 8.85. The number of ketones is 1. The number of benzene rings is 2. The third kappa shape index (κ3) is 8.42. The van der Waals surface area contributed by atoms with E-state index in [0.29, 0.717) is 36.0 Å². The van der Waals surface area contributed by atoms with Crippen molar-refractivity contribution in [2.45, 2.75) is 39.2 Å². The van der Waals surface area contributed by atoms with E-state index in [0.717, 1.165) is 18.4 Å². The van der Waals surface area contributed by atoms with Gasteiger partial charge in [-0.1, -0.05) is 30.9 Å². The molecular weight excluding hydrogens is 508 g/mol. The van der Waals surface area contributed by atoms with Gasteiger partial charge in [0.2, 0.25) is 5.78 Å². The Hall–Kier alpha value is -4.66. The Labute approximate surface area is 234 Å². The Bertz CT molecular complexity index is 1300. The number of Topliss-reactive ketones (excluding diaryl/α,β-unsaturated/α-hetero) is 1. The molecule has 0 saturated heterocycles. The second-order valence-corrected chi connectivity index (χ2v) is 9.10. The summed E-state index contributed by atoms with van der Waals surface area (Å²) >= 11 is 0. The van der Waals surface area contributed by atoms with Crippen LogP contribution in [-0.2, 0) is 20.8 Å². The normalized spacial score (nSPS) is 17.8. The minimum absolute atomic E-state index is 0.107. The molecule has 4 aliphatic heterocycles. The summed E-state index contributed by atoms with van der Waals surface area (Å²) in [6.07, 6.45) is 7.87. The molecule has 0 saturated carbocycles. The number of anilines is 1. The van der Waals surface area contributed by atoms with Crippen LogP contribution < -0.4 is 25.4 Å². The molecule has 6 rings (SSSR count). The van der Waals surface area contributed by atoms with E-state index in [-0.39, 0.29) is 24.2 Å². The first-order valence-corrected chi connectivity index (χ1v) is 13.3. The number of allylic oxidation sites excluding steroid dienone is 3. The van der Waals surface area contributed by atoms with Gasteiger partial charge in [-0.15, -0.1) is 0 Å². The van der Waals surface area contributed by atoms with E-state index < -0.39 is 23.6 Å². The quantitative estimate of drug-likeness (QED) is 0.255. The van der Waals surface area contributed by atoms with E-state index in [4.69, 9.17) is 14.9 Å². The standard InChI is InChI=1S/C31H36N4O5/c1-4-6-9-26-21(3)34-27-15-14-25(19-23(27)20-32)40-17-8-7-16-39-24-12-10-22(11-13-24)18-28(35-30(26)37)29(36)31(38)33-5-2/h4,6,9-15,19-20,28,32,34H,3,5,7-8,16-18H2,1-2H3,(H,33,38)(H,35,37)/b6-4-,26-9+,32-20?. The zero-order valence-electron chi connectivity index (χ0n) is 22.9. The number of nitrogens with one attached hydrogen (secondary N) is 4. The van der Waals surface area contributed by atoms with Crippen LogP contribution in [0.3, 0.4) is 0 Å². The summed E-state index contributed by atoms with van der Waals surface area (Å²) in [4.78, 5) is 39.1. The fourth-order valence-corrected chi connectivity index (χ4v) is 3.99. The Morgan fingerprint density at radius 3 is 2.42 bits per heavy atom. The Balaban J connectivity index is 1.98. The van der Waals surface area contributed by atoms with Gasteiger partial charge in [-0.05, 0) is 68.7 Å². The molecule has 210 valence electrons. The Morgan fingerprint density at radius 1 is 1.10 bits per heavy atom. The van der Waals surface area contributed by atoms with Gasteiger partial charge < -0.3 is 30.8 Å². The van der Waals surface area contributed by atoms with Crippen molar-refractivity contribution >= 4 is 29.5 Å². The molecule has 0 spiro atoms. The van der Waals surface area contributed by atoms with Crippen LogP contribution in [0.1, 0.15) is 37.8 Å². The molecule has 2 amide bonds. The van der Waals surface area contributed by atoms with Crippen molar-refractivity contribution in [3.63, 3.8) is 0 Å². The van der Waals surface area contributed by atoms with Crippen molar-refractivity contribution in [2.75, 3.05) is 25.1 Å². The van der Waals surface area contributed by atoms with E-state index in [2.05, 4.69) is 22.5 Å². The van der Waals surface area contributed by atoms with Gasteiger partial charge in [-0.25, -0.2) is 0 Å². The summed E-state index contributed by atoms with van der Waals surface area (Å²) in [6, 6.07) is 11.4. The monoisotopic (exact) mass is 544 g/mol. The third-order valence-corrected chi connectivity index (χ3v) is 6.11. The number of hydrogen-bond acceptors (Lipinski definition) is 7. The lowest BCUT2D eigenvalue weighted by molar-refractivity contribution is -0.139. The molecule has 1 unspecified atom stereocenters. The first-order valence-electron chi connectivity index (χ1n) is 13.3. The van der Waals surface area contributed by atoms with Crippen molar-refractivity contribution in [3.8, 4) is 11.5 Å². The molecular formula is C31H36N4O5. The predicted octanol–water partition coefficient (Wildman–Crippen LogP) is 4.10. The maximum Gasteiger partial charge on any atom is 0.289 e. The second kappa shape index (κ2) is 15.1. The lowest BCUT2D eigenvalue weighted by atomic mass is 10.0. The number of hydrogen-bond donors (Lipinski definition) is 4. The number of carbonyl (C=O) groups is 3. The number of ether oxygens (including phenoxy) is 2. The first kappa shape index (κ1) is 29.9. The van der Waals surface area contributed by atoms with Crippen molar-refractivity contribution in [3.05, 3.63) is 89.7 Å². The molecule has 40 heavy (non-hydrogen) atoms. The number of likely N-dealkylation sites (N-methyl/N-ethyl adjacent to an activating group) is 1. The highest BCUT2D eigenvalue weighted by atomic mass is 16.5. The van der Waals surface area contributed by atoms with E-state index in [1.807, 2.05) is 12.1 Å². The van der Waals surface area contributed by atoms with E-state index >= 15 is 0 Å². The topological polar surface area (TPSA) is 130 Å². The smallest absolute Gasteiger partial charge is 0.289 e. The molecule has 0 aliphatic carbocycles. The second-order valence-electron chi connectivity index (χ2n) is 9.10. The molecule has 0 radical (unpaired) electrons. The maximum atomic E-state index is 13.5. The molecule has 4 bridgehead atoms. The SMILES string of the molecule is C=C1Nc2ccc(cc2C=N)OCCCCOc2ccc(cc2)CC(C(=O)C(=O)NCC)NC(=O)/C1=C/C=C\C. The molecule has 2 aromatic carbocycles. The molecule has 4 N–H and O–H groups in total. The third-order valence-electron chi connectivity index (χ3n) is 6.11. The summed E-state index contributed by atoms with van der Waals surface area (Å²) in [5.74, 6) is -0.810. The minimum Gasteiger partial charge on any atom is -0.494 e. The summed E-state index contributed by atoms with van der Waals surface area (Å²) in [5, 5.41) is 16.2. The van der Waals surface area contributed by atoms with Crippen LogP contribution in [-0.4, -0.2) is 49.6 Å². The molecule has 4 aliphatic rings. The van der Waals surface area contributed by atoms with E-state index in [1.165, 1.54) is 6.21 Å². The van der Waals surface area contributed by atoms with Crippen molar-refractivity contribution in [1.82, 2.24) is 10.6 Å². The molecule has 4 heterocycles. The zero-order chi connectivity index (χ0) is 28.9. The van der Waals surface area contributed by atoms with Crippen LogP contribution in [0.15, 0.2) is 78.5 Å². The number of rotatable bonds is 5. The largest absolute Gasteiger partial charge is 0.494 e. The van der Waals surface area contributed by atoms with Gasteiger partial charge in [0.25, 0.3) is 11.8 Å². The van der Waals surface area contributed by atoms with Crippen LogP contribution in [0.4, 0.5) is 5.69 Å². The van der Waals surface area contributed by atoms with Crippen LogP contribution in [0.2, 0.25) is 0 Å². The highest BCUT2D eigenvalue weighted by Crippen LogP contribution is 2.24. The van der Waals surface area contributed by atoms with Gasteiger partial charge in [0.15, 0.2) is 0 Å². The van der Waals surface area contributed by atoms with Crippen molar-refractivity contribution in [2.24, 2.45) is 0 Å². The molecule has 9 nitrogen and oxygen atoms in total. The predicted molar refractivity (Wildman–Crippen MR) is 156 cm³/mol. The summed E-state index contributed by atoms with van der Waals surface area (Å²) in [5.41, 5.74) is 2.27.